The molecule has 1 amide bonds. The summed E-state index contributed by atoms with van der Waals surface area (Å²) in [5.41, 5.74) is 1.89. The Bertz CT molecular complexity index is 717. The monoisotopic (exact) mass is 350 g/mol. The second kappa shape index (κ2) is 7.77. The average molecular weight is 350 g/mol. The predicted molar refractivity (Wildman–Crippen MR) is 105 cm³/mol. The highest BCUT2D eigenvalue weighted by Gasteiger charge is 2.22. The number of likely N-dealkylation sites (tertiary alicyclic amines) is 1. The van der Waals surface area contributed by atoms with Gasteiger partial charge in [-0.15, -0.1) is 0 Å². The second-order valence-corrected chi connectivity index (χ2v) is 7.18. The summed E-state index contributed by atoms with van der Waals surface area (Å²) in [5, 5.41) is 3.61. The van der Waals surface area contributed by atoms with Crippen molar-refractivity contribution in [2.24, 2.45) is 0 Å². The first-order chi connectivity index (χ1) is 12.8. The third-order valence-electron chi connectivity index (χ3n) is 5.35. The van der Waals surface area contributed by atoms with Gasteiger partial charge in [0.25, 0.3) is 5.91 Å². The van der Waals surface area contributed by atoms with Crippen LogP contribution in [-0.4, -0.2) is 48.0 Å². The molecule has 0 radical (unpaired) electrons. The van der Waals surface area contributed by atoms with Gasteiger partial charge < -0.3 is 15.1 Å². The Morgan fingerprint density at radius 3 is 2.35 bits per heavy atom. The number of carbonyl (C=O) groups excluding carboxylic acids is 1. The van der Waals surface area contributed by atoms with E-state index < -0.39 is 0 Å². The number of pyridine rings is 1. The summed E-state index contributed by atoms with van der Waals surface area (Å²) >= 11 is 0. The van der Waals surface area contributed by atoms with Crippen LogP contribution in [0.1, 0.15) is 36.0 Å². The van der Waals surface area contributed by atoms with Gasteiger partial charge in [0.2, 0.25) is 0 Å². The number of hydrogen-bond acceptors (Lipinski definition) is 4. The Morgan fingerprint density at radius 2 is 1.69 bits per heavy atom. The fourth-order valence-corrected chi connectivity index (χ4v) is 3.83. The van der Waals surface area contributed by atoms with Crippen molar-refractivity contribution in [3.8, 4) is 0 Å². The fourth-order valence-electron chi connectivity index (χ4n) is 3.83. The van der Waals surface area contributed by atoms with Gasteiger partial charge >= 0.3 is 0 Å². The van der Waals surface area contributed by atoms with Crippen molar-refractivity contribution >= 4 is 17.4 Å². The molecule has 0 aliphatic carbocycles. The minimum Gasteiger partial charge on any atom is -0.382 e. The van der Waals surface area contributed by atoms with Crippen molar-refractivity contribution < 1.29 is 4.79 Å². The van der Waals surface area contributed by atoms with Gasteiger partial charge in [-0.05, 0) is 49.9 Å². The summed E-state index contributed by atoms with van der Waals surface area (Å²) < 4.78 is 0. The van der Waals surface area contributed by atoms with E-state index in [4.69, 9.17) is 0 Å². The molecule has 2 fully saturated rings. The summed E-state index contributed by atoms with van der Waals surface area (Å²) in [5.74, 6) is 1.09. The van der Waals surface area contributed by atoms with E-state index in [1.54, 1.807) is 6.20 Å². The summed E-state index contributed by atoms with van der Waals surface area (Å²) in [6.45, 7) is 3.72. The first-order valence-corrected chi connectivity index (χ1v) is 9.61. The molecule has 0 atom stereocenters. The maximum atomic E-state index is 12.4. The lowest BCUT2D eigenvalue weighted by atomic mass is 10.0. The fraction of sp³-hybridized carbons (Fsp3) is 0.429. The van der Waals surface area contributed by atoms with Crippen molar-refractivity contribution in [2.75, 3.05) is 36.4 Å². The molecule has 2 aliphatic rings. The lowest BCUT2D eigenvalue weighted by Gasteiger charge is -2.33. The van der Waals surface area contributed by atoms with Crippen LogP contribution in [0, 0.1) is 0 Å². The maximum Gasteiger partial charge on any atom is 0.255 e. The zero-order chi connectivity index (χ0) is 17.8. The number of hydrogen-bond donors (Lipinski definition) is 1. The Labute approximate surface area is 155 Å². The van der Waals surface area contributed by atoms with Crippen LogP contribution in [0.25, 0.3) is 0 Å². The minimum absolute atomic E-state index is 0.118. The van der Waals surface area contributed by atoms with Gasteiger partial charge in [0.05, 0.1) is 5.56 Å². The summed E-state index contributed by atoms with van der Waals surface area (Å²) in [6.07, 6.45) is 6.15. The Morgan fingerprint density at radius 1 is 0.962 bits per heavy atom. The van der Waals surface area contributed by atoms with Crippen molar-refractivity contribution in [1.29, 1.82) is 0 Å². The van der Waals surface area contributed by atoms with Crippen molar-refractivity contribution in [3.63, 3.8) is 0 Å². The van der Waals surface area contributed by atoms with Crippen LogP contribution in [0.5, 0.6) is 0 Å². The predicted octanol–water partition coefficient (Wildman–Crippen LogP) is 3.40. The topological polar surface area (TPSA) is 48.5 Å². The number of amides is 1. The van der Waals surface area contributed by atoms with Gasteiger partial charge in [0.1, 0.15) is 5.82 Å². The van der Waals surface area contributed by atoms with Crippen LogP contribution < -0.4 is 10.2 Å². The van der Waals surface area contributed by atoms with E-state index >= 15 is 0 Å². The number of anilines is 2. The molecule has 5 heteroatoms. The third kappa shape index (κ3) is 3.82. The van der Waals surface area contributed by atoms with Crippen molar-refractivity contribution in [1.82, 2.24) is 9.88 Å². The zero-order valence-electron chi connectivity index (χ0n) is 15.1. The minimum atomic E-state index is 0.118. The molecule has 0 bridgehead atoms. The lowest BCUT2D eigenvalue weighted by Crippen LogP contribution is -2.39. The van der Waals surface area contributed by atoms with Gasteiger partial charge in [-0.1, -0.05) is 18.2 Å². The van der Waals surface area contributed by atoms with E-state index in [1.165, 1.54) is 5.69 Å². The van der Waals surface area contributed by atoms with Crippen LogP contribution in [0.2, 0.25) is 0 Å². The highest BCUT2D eigenvalue weighted by Crippen LogP contribution is 2.21. The first-order valence-electron chi connectivity index (χ1n) is 9.61. The Hall–Kier alpha value is -2.56. The molecule has 1 aromatic carbocycles. The van der Waals surface area contributed by atoms with E-state index in [-0.39, 0.29) is 5.91 Å². The first kappa shape index (κ1) is 16.9. The molecule has 1 N–H and O–H groups in total. The van der Waals surface area contributed by atoms with E-state index in [0.29, 0.717) is 11.6 Å². The number of nitrogens with zero attached hydrogens (tertiary/aromatic N) is 3. The van der Waals surface area contributed by atoms with Gasteiger partial charge in [0.15, 0.2) is 0 Å². The van der Waals surface area contributed by atoms with E-state index in [1.807, 2.05) is 23.1 Å². The van der Waals surface area contributed by atoms with Crippen LogP contribution in [-0.2, 0) is 0 Å². The van der Waals surface area contributed by atoms with Gasteiger partial charge in [-0.25, -0.2) is 4.98 Å². The standard InChI is InChI=1S/C21H26N4O/c26-21(25-12-4-5-13-25)17-8-9-20(22-16-17)24-14-10-19(11-15-24)23-18-6-2-1-3-7-18/h1-3,6-9,16,19,23H,4-5,10-15H2. The maximum absolute atomic E-state index is 12.4. The van der Waals surface area contributed by atoms with E-state index in [9.17, 15) is 4.79 Å². The number of rotatable bonds is 4. The molecule has 2 saturated heterocycles. The van der Waals surface area contributed by atoms with E-state index in [0.717, 1.165) is 57.7 Å². The number of para-hydroxylation sites is 1. The zero-order valence-corrected chi connectivity index (χ0v) is 15.1. The number of nitrogens with one attached hydrogen (secondary N) is 1. The third-order valence-corrected chi connectivity index (χ3v) is 5.35. The van der Waals surface area contributed by atoms with Crippen molar-refractivity contribution in [3.05, 3.63) is 54.2 Å². The Kier molecular flexibility index (Phi) is 5.04. The van der Waals surface area contributed by atoms with Crippen molar-refractivity contribution in [2.45, 2.75) is 31.7 Å². The molecule has 136 valence electrons. The molecule has 1 aromatic heterocycles. The molecule has 0 saturated carbocycles. The van der Waals surface area contributed by atoms with Crippen LogP contribution >= 0.6 is 0 Å². The molecule has 5 nitrogen and oxygen atoms in total. The molecule has 2 aromatic rings. The molecule has 4 rings (SSSR count). The van der Waals surface area contributed by atoms with Gasteiger partial charge in [-0.3, -0.25) is 4.79 Å². The number of carbonyl (C=O) groups is 1. The molecular formula is C21H26N4O. The molecule has 3 heterocycles. The normalized spacial score (nSPS) is 18.2. The molecular weight excluding hydrogens is 324 g/mol. The number of benzene rings is 1. The van der Waals surface area contributed by atoms with E-state index in [2.05, 4.69) is 39.5 Å². The summed E-state index contributed by atoms with van der Waals surface area (Å²) in [6, 6.07) is 14.8. The van der Waals surface area contributed by atoms with Gasteiger partial charge in [0, 0.05) is 44.1 Å². The average Bonchev–Trinajstić information content (AvgIpc) is 3.24. The summed E-state index contributed by atoms with van der Waals surface area (Å²) in [7, 11) is 0. The van der Waals surface area contributed by atoms with Gasteiger partial charge in [-0.2, -0.15) is 0 Å². The lowest BCUT2D eigenvalue weighted by molar-refractivity contribution is 0.0792. The number of piperidine rings is 1. The van der Waals surface area contributed by atoms with Crippen LogP contribution in [0.4, 0.5) is 11.5 Å². The van der Waals surface area contributed by atoms with Crippen LogP contribution in [0.3, 0.4) is 0 Å². The molecule has 2 aliphatic heterocycles. The quantitative estimate of drug-likeness (QED) is 0.918. The SMILES string of the molecule is O=C(c1ccc(N2CCC(Nc3ccccc3)CC2)nc1)N1CCCC1. The largest absolute Gasteiger partial charge is 0.382 e. The molecule has 0 unspecified atom stereocenters. The smallest absolute Gasteiger partial charge is 0.255 e. The second-order valence-electron chi connectivity index (χ2n) is 7.18. The highest BCUT2D eigenvalue weighted by molar-refractivity contribution is 5.94. The molecule has 26 heavy (non-hydrogen) atoms. The number of aromatic nitrogens is 1. The summed E-state index contributed by atoms with van der Waals surface area (Å²) in [4.78, 5) is 21.2. The van der Waals surface area contributed by atoms with Crippen LogP contribution in [0.15, 0.2) is 48.7 Å². The molecule has 0 spiro atoms. The Balaban J connectivity index is 1.32. The highest BCUT2D eigenvalue weighted by atomic mass is 16.2.